The molecule has 0 aliphatic rings. The summed E-state index contributed by atoms with van der Waals surface area (Å²) in [6.45, 7) is 1.00. The lowest BCUT2D eigenvalue weighted by atomic mass is 10.2. The van der Waals surface area contributed by atoms with Gasteiger partial charge in [-0.15, -0.1) is 23.1 Å². The van der Waals surface area contributed by atoms with Crippen LogP contribution in [0.15, 0.2) is 23.0 Å². The van der Waals surface area contributed by atoms with Crippen molar-refractivity contribution in [2.24, 2.45) is 0 Å². The second-order valence-corrected chi connectivity index (χ2v) is 8.02. The summed E-state index contributed by atoms with van der Waals surface area (Å²) < 4.78 is 34.3. The van der Waals surface area contributed by atoms with Crippen molar-refractivity contribution < 1.29 is 18.3 Å². The lowest BCUT2D eigenvalue weighted by molar-refractivity contribution is -0.0512. The number of hydrogen-bond donors (Lipinski definition) is 1. The van der Waals surface area contributed by atoms with Crippen LogP contribution in [0.3, 0.4) is 0 Å². The van der Waals surface area contributed by atoms with Crippen LogP contribution in [0.2, 0.25) is 0 Å². The fourth-order valence-corrected chi connectivity index (χ4v) is 4.52. The first-order chi connectivity index (χ1) is 12.9. The molecule has 0 saturated carbocycles. The monoisotopic (exact) mass is 412 g/mol. The van der Waals surface area contributed by atoms with E-state index in [1.165, 1.54) is 24.5 Å². The quantitative estimate of drug-likeness (QED) is 0.612. The molecule has 0 fully saturated rings. The second-order valence-electron chi connectivity index (χ2n) is 5.83. The van der Waals surface area contributed by atoms with Crippen molar-refractivity contribution in [3.8, 4) is 11.5 Å². The summed E-state index contributed by atoms with van der Waals surface area (Å²) in [7, 11) is 1.40. The van der Waals surface area contributed by atoms with E-state index in [9.17, 15) is 13.6 Å². The summed E-state index contributed by atoms with van der Waals surface area (Å²) in [6, 6.07) is 4.83. The third kappa shape index (κ3) is 4.41. The lowest BCUT2D eigenvalue weighted by Crippen LogP contribution is -2.10. The van der Waals surface area contributed by atoms with Crippen molar-refractivity contribution in [2.45, 2.75) is 32.0 Å². The van der Waals surface area contributed by atoms with Crippen LogP contribution >= 0.6 is 23.1 Å². The molecule has 1 N–H and O–H groups in total. The zero-order valence-corrected chi connectivity index (χ0v) is 16.6. The van der Waals surface area contributed by atoms with E-state index in [2.05, 4.69) is 14.7 Å². The van der Waals surface area contributed by atoms with Gasteiger partial charge in [-0.25, -0.2) is 4.98 Å². The van der Waals surface area contributed by atoms with Gasteiger partial charge >= 0.3 is 6.61 Å². The standard InChI is InChI=1S/C18H18F2N2O3S2/c1-9-10(2)27-17-15(9)16(23)21-14(22-17)8-26-7-11-4-5-12(25-18(19)20)13(6-11)24-3/h4-6,18H,7-8H2,1-3H3,(H,21,22,23). The normalized spacial score (nSPS) is 11.3. The van der Waals surface area contributed by atoms with Crippen LogP contribution in [0, 0.1) is 13.8 Å². The summed E-state index contributed by atoms with van der Waals surface area (Å²) >= 11 is 3.07. The molecule has 2 heterocycles. The Morgan fingerprint density at radius 1 is 1.26 bits per heavy atom. The van der Waals surface area contributed by atoms with Crippen LogP contribution < -0.4 is 15.0 Å². The van der Waals surface area contributed by atoms with Crippen molar-refractivity contribution >= 4 is 33.3 Å². The molecule has 144 valence electrons. The number of nitrogens with one attached hydrogen (secondary N) is 1. The van der Waals surface area contributed by atoms with E-state index in [0.29, 0.717) is 22.7 Å². The molecule has 0 amide bonds. The Morgan fingerprint density at radius 2 is 2.04 bits per heavy atom. The van der Waals surface area contributed by atoms with E-state index in [1.54, 1.807) is 23.9 Å². The average Bonchev–Trinajstić information content (AvgIpc) is 2.90. The van der Waals surface area contributed by atoms with Gasteiger partial charge < -0.3 is 14.5 Å². The number of hydrogen-bond acceptors (Lipinski definition) is 6. The van der Waals surface area contributed by atoms with E-state index in [0.717, 1.165) is 20.8 Å². The molecule has 0 aliphatic heterocycles. The number of H-pyrrole nitrogens is 1. The number of methoxy groups -OCH3 is 1. The Hall–Kier alpha value is -2.13. The Balaban J connectivity index is 1.69. The summed E-state index contributed by atoms with van der Waals surface area (Å²) in [6.07, 6.45) is 0. The second kappa shape index (κ2) is 8.26. The first-order valence-electron chi connectivity index (χ1n) is 8.07. The number of rotatable bonds is 7. The highest BCUT2D eigenvalue weighted by atomic mass is 32.2. The predicted molar refractivity (Wildman–Crippen MR) is 104 cm³/mol. The largest absolute Gasteiger partial charge is 0.493 e. The summed E-state index contributed by atoms with van der Waals surface area (Å²) in [5.74, 6) is 2.00. The van der Waals surface area contributed by atoms with Gasteiger partial charge in [0.2, 0.25) is 0 Å². The topological polar surface area (TPSA) is 64.2 Å². The van der Waals surface area contributed by atoms with Crippen molar-refractivity contribution in [2.75, 3.05) is 7.11 Å². The SMILES string of the molecule is COc1cc(CSCc2nc3sc(C)c(C)c3c(=O)[nH]2)ccc1OC(F)F. The molecule has 0 atom stereocenters. The van der Waals surface area contributed by atoms with Gasteiger partial charge in [0.1, 0.15) is 10.7 Å². The summed E-state index contributed by atoms with van der Waals surface area (Å²) in [5, 5.41) is 0.658. The van der Waals surface area contributed by atoms with Crippen LogP contribution in [0.25, 0.3) is 10.2 Å². The fraction of sp³-hybridized carbons (Fsp3) is 0.333. The van der Waals surface area contributed by atoms with Gasteiger partial charge in [0, 0.05) is 10.6 Å². The average molecular weight is 412 g/mol. The third-order valence-corrected chi connectivity index (χ3v) is 6.16. The zero-order valence-electron chi connectivity index (χ0n) is 15.0. The van der Waals surface area contributed by atoms with Crippen LogP contribution in [0.5, 0.6) is 11.5 Å². The molecule has 2 aromatic heterocycles. The van der Waals surface area contributed by atoms with Crippen LogP contribution in [-0.2, 0) is 11.5 Å². The van der Waals surface area contributed by atoms with Crippen molar-refractivity contribution in [3.05, 3.63) is 50.4 Å². The number of alkyl halides is 2. The van der Waals surface area contributed by atoms with Gasteiger partial charge in [0.05, 0.1) is 18.2 Å². The van der Waals surface area contributed by atoms with E-state index >= 15 is 0 Å². The first-order valence-corrected chi connectivity index (χ1v) is 10.0. The van der Waals surface area contributed by atoms with Crippen molar-refractivity contribution in [1.82, 2.24) is 9.97 Å². The van der Waals surface area contributed by atoms with Crippen LogP contribution in [0.1, 0.15) is 21.8 Å². The molecule has 5 nitrogen and oxygen atoms in total. The highest BCUT2D eigenvalue weighted by Gasteiger charge is 2.13. The molecule has 0 unspecified atom stereocenters. The molecule has 0 spiro atoms. The first kappa shape index (κ1) is 19.6. The van der Waals surface area contributed by atoms with Gasteiger partial charge in [-0.1, -0.05) is 6.07 Å². The Kier molecular flexibility index (Phi) is 6.01. The molecule has 1 aromatic carbocycles. The summed E-state index contributed by atoms with van der Waals surface area (Å²) in [5.41, 5.74) is 1.75. The number of thiophene rings is 1. The molecule has 0 saturated heterocycles. The maximum absolute atomic E-state index is 12.4. The summed E-state index contributed by atoms with van der Waals surface area (Å²) in [4.78, 5) is 21.5. The van der Waals surface area contributed by atoms with Crippen LogP contribution in [-0.4, -0.2) is 23.7 Å². The minimum absolute atomic E-state index is 0.00105. The number of halogens is 2. The maximum atomic E-state index is 12.4. The van der Waals surface area contributed by atoms with Gasteiger partial charge in [-0.05, 0) is 37.1 Å². The molecule has 0 bridgehead atoms. The van der Waals surface area contributed by atoms with Gasteiger partial charge in [-0.2, -0.15) is 8.78 Å². The van der Waals surface area contributed by atoms with Crippen molar-refractivity contribution in [3.63, 3.8) is 0 Å². The van der Waals surface area contributed by atoms with E-state index in [4.69, 9.17) is 4.74 Å². The number of benzene rings is 1. The lowest BCUT2D eigenvalue weighted by Gasteiger charge is -2.11. The number of ether oxygens (including phenoxy) is 2. The molecule has 0 radical (unpaired) electrons. The number of thioether (sulfide) groups is 1. The smallest absolute Gasteiger partial charge is 0.387 e. The highest BCUT2D eigenvalue weighted by Crippen LogP contribution is 2.31. The molecular formula is C18H18F2N2O3S2. The molecular weight excluding hydrogens is 394 g/mol. The molecule has 9 heteroatoms. The van der Waals surface area contributed by atoms with Gasteiger partial charge in [0.15, 0.2) is 11.5 Å². The number of aromatic nitrogens is 2. The third-order valence-electron chi connectivity index (χ3n) is 4.04. The minimum atomic E-state index is -2.90. The number of fused-ring (bicyclic) bond motifs is 1. The molecule has 3 aromatic rings. The number of aromatic amines is 1. The minimum Gasteiger partial charge on any atom is -0.493 e. The Bertz CT molecular complexity index is 1020. The van der Waals surface area contributed by atoms with E-state index < -0.39 is 6.61 Å². The van der Waals surface area contributed by atoms with E-state index in [1.807, 2.05) is 13.8 Å². The zero-order chi connectivity index (χ0) is 19.6. The number of nitrogens with zero attached hydrogens (tertiary/aromatic N) is 1. The molecule has 0 aliphatic carbocycles. The van der Waals surface area contributed by atoms with E-state index in [-0.39, 0.29) is 17.1 Å². The van der Waals surface area contributed by atoms with Crippen LogP contribution in [0.4, 0.5) is 8.78 Å². The highest BCUT2D eigenvalue weighted by molar-refractivity contribution is 7.97. The Labute approximate surface area is 162 Å². The van der Waals surface area contributed by atoms with Gasteiger partial charge in [0.25, 0.3) is 5.56 Å². The fourth-order valence-electron chi connectivity index (χ4n) is 2.63. The maximum Gasteiger partial charge on any atom is 0.387 e. The van der Waals surface area contributed by atoms with Crippen molar-refractivity contribution in [1.29, 1.82) is 0 Å². The predicted octanol–water partition coefficient (Wildman–Crippen LogP) is 4.64. The Morgan fingerprint density at radius 3 is 2.74 bits per heavy atom. The molecule has 27 heavy (non-hydrogen) atoms. The molecule has 3 rings (SSSR count). The number of aryl methyl sites for hydroxylation is 2. The van der Waals surface area contributed by atoms with Gasteiger partial charge in [-0.3, -0.25) is 4.79 Å².